The van der Waals surface area contributed by atoms with Crippen LogP contribution in [0, 0.1) is 0 Å². The molecule has 0 fully saturated rings. The monoisotopic (exact) mass is 377 g/mol. The molecule has 0 saturated carbocycles. The molecule has 2 aromatic carbocycles. The molecule has 1 aliphatic heterocycles. The average molecular weight is 377 g/mol. The molecule has 4 rings (SSSR count). The van der Waals surface area contributed by atoms with Crippen molar-refractivity contribution in [3.8, 4) is 5.75 Å². The van der Waals surface area contributed by atoms with Gasteiger partial charge in [0.15, 0.2) is 0 Å². The van der Waals surface area contributed by atoms with Gasteiger partial charge < -0.3 is 19.9 Å². The number of hydrogen-bond acceptors (Lipinski definition) is 3. The van der Waals surface area contributed by atoms with Crippen LogP contribution in [0.2, 0.25) is 0 Å². The number of ether oxygens (including phenoxy) is 1. The van der Waals surface area contributed by atoms with Gasteiger partial charge in [0.2, 0.25) is 0 Å². The third-order valence-electron chi connectivity index (χ3n) is 5.23. The van der Waals surface area contributed by atoms with Gasteiger partial charge in [-0.1, -0.05) is 30.3 Å². The van der Waals surface area contributed by atoms with E-state index in [1.54, 1.807) is 11.0 Å². The fourth-order valence-electron chi connectivity index (χ4n) is 3.67. The van der Waals surface area contributed by atoms with Crippen LogP contribution in [0.1, 0.15) is 19.4 Å². The number of fused-ring (bicyclic) bond motifs is 2. The number of H-pyrrole nitrogens is 1. The van der Waals surface area contributed by atoms with Gasteiger partial charge in [0.25, 0.3) is 17.4 Å². The second kappa shape index (κ2) is 7.03. The zero-order chi connectivity index (χ0) is 19.7. The van der Waals surface area contributed by atoms with Crippen molar-refractivity contribution in [1.29, 1.82) is 0 Å². The largest absolute Gasteiger partial charge is 0.466 e. The summed E-state index contributed by atoms with van der Waals surface area (Å²) in [7, 11) is 0. The number of benzene rings is 2. The lowest BCUT2D eigenvalue weighted by Gasteiger charge is -2.39. The number of hydrogen-bond donors (Lipinski definition) is 2. The van der Waals surface area contributed by atoms with Crippen molar-refractivity contribution >= 4 is 28.4 Å². The molecule has 0 radical (unpaired) electrons. The number of carbonyl (C=O) groups excluding carboxylic acids is 2. The zero-order valence-electron chi connectivity index (χ0n) is 16.0. The van der Waals surface area contributed by atoms with Gasteiger partial charge in [-0.15, -0.1) is 0 Å². The molecule has 2 N–H and O–H groups in total. The molecule has 0 aliphatic carbocycles. The number of aromatic nitrogens is 1. The van der Waals surface area contributed by atoms with Crippen LogP contribution in [-0.2, 0) is 16.0 Å². The van der Waals surface area contributed by atoms with E-state index in [1.165, 1.54) is 6.92 Å². The Balaban J connectivity index is 1.49. The van der Waals surface area contributed by atoms with Crippen LogP contribution >= 0.6 is 0 Å². The van der Waals surface area contributed by atoms with Gasteiger partial charge in [-0.25, -0.2) is 0 Å². The highest BCUT2D eigenvalue weighted by Gasteiger charge is 2.50. The Morgan fingerprint density at radius 3 is 2.75 bits per heavy atom. The molecular weight excluding hydrogens is 354 g/mol. The highest BCUT2D eigenvalue weighted by atomic mass is 16.5. The Hall–Kier alpha value is -3.28. The first-order valence-corrected chi connectivity index (χ1v) is 9.48. The first-order chi connectivity index (χ1) is 13.5. The summed E-state index contributed by atoms with van der Waals surface area (Å²) in [5.74, 6) is -0.234. The number of amides is 2. The second-order valence-corrected chi connectivity index (χ2v) is 7.02. The van der Waals surface area contributed by atoms with Crippen molar-refractivity contribution in [3.63, 3.8) is 0 Å². The highest BCUT2D eigenvalue weighted by Crippen LogP contribution is 2.37. The summed E-state index contributed by atoms with van der Waals surface area (Å²) < 4.78 is 5.87. The summed E-state index contributed by atoms with van der Waals surface area (Å²) in [6, 6.07) is 15.3. The second-order valence-electron chi connectivity index (χ2n) is 7.02. The third kappa shape index (κ3) is 2.91. The first-order valence-electron chi connectivity index (χ1n) is 9.48. The molecule has 6 nitrogen and oxygen atoms in total. The van der Waals surface area contributed by atoms with Crippen LogP contribution in [-0.4, -0.2) is 35.5 Å². The lowest BCUT2D eigenvalue weighted by Crippen LogP contribution is -2.62. The molecule has 1 aliphatic rings. The number of aromatic amines is 1. The molecule has 2 amide bonds. The highest BCUT2D eigenvalue weighted by molar-refractivity contribution is 6.16. The van der Waals surface area contributed by atoms with Gasteiger partial charge in [-0.05, 0) is 44.0 Å². The predicted octanol–water partition coefficient (Wildman–Crippen LogP) is 3.03. The van der Waals surface area contributed by atoms with E-state index in [4.69, 9.17) is 4.74 Å². The van der Waals surface area contributed by atoms with Crippen molar-refractivity contribution in [2.24, 2.45) is 0 Å². The first kappa shape index (κ1) is 18.1. The minimum absolute atomic E-state index is 0.349. The van der Waals surface area contributed by atoms with Crippen LogP contribution in [0.4, 0.5) is 5.69 Å². The fourth-order valence-corrected chi connectivity index (χ4v) is 3.67. The molecule has 1 atom stereocenters. The van der Waals surface area contributed by atoms with E-state index < -0.39 is 11.5 Å². The predicted molar refractivity (Wildman–Crippen MR) is 109 cm³/mol. The number of para-hydroxylation sites is 3. The van der Waals surface area contributed by atoms with E-state index in [2.05, 4.69) is 10.3 Å². The SMILES string of the molecule is CCN1C(=O)C(C)(C(=O)NCCc2c[nH]c3ccccc23)Oc2ccccc21. The summed E-state index contributed by atoms with van der Waals surface area (Å²) in [6.07, 6.45) is 2.62. The van der Waals surface area contributed by atoms with Crippen molar-refractivity contribution in [2.75, 3.05) is 18.0 Å². The van der Waals surface area contributed by atoms with Gasteiger partial charge >= 0.3 is 0 Å². The summed E-state index contributed by atoms with van der Waals surface area (Å²) in [5, 5.41) is 4.01. The number of nitrogens with one attached hydrogen (secondary N) is 2. The number of anilines is 1. The molecule has 28 heavy (non-hydrogen) atoms. The van der Waals surface area contributed by atoms with Crippen LogP contribution in [0.25, 0.3) is 10.9 Å². The van der Waals surface area contributed by atoms with Crippen LogP contribution in [0.5, 0.6) is 5.75 Å². The summed E-state index contributed by atoms with van der Waals surface area (Å²) >= 11 is 0. The lowest BCUT2D eigenvalue weighted by atomic mass is 9.99. The van der Waals surface area contributed by atoms with Gasteiger partial charge in [-0.3, -0.25) is 9.59 Å². The van der Waals surface area contributed by atoms with Crippen molar-refractivity contribution < 1.29 is 14.3 Å². The zero-order valence-corrected chi connectivity index (χ0v) is 16.0. The molecule has 0 saturated heterocycles. The molecule has 6 heteroatoms. The molecule has 3 aromatic rings. The molecular formula is C22H23N3O3. The minimum Gasteiger partial charge on any atom is -0.466 e. The molecule has 0 spiro atoms. The number of nitrogens with zero attached hydrogens (tertiary/aromatic N) is 1. The number of carbonyl (C=O) groups is 2. The van der Waals surface area contributed by atoms with E-state index in [1.807, 2.05) is 55.6 Å². The van der Waals surface area contributed by atoms with E-state index >= 15 is 0 Å². The molecule has 144 valence electrons. The van der Waals surface area contributed by atoms with Gasteiger partial charge in [-0.2, -0.15) is 0 Å². The van der Waals surface area contributed by atoms with E-state index in [9.17, 15) is 9.59 Å². The maximum absolute atomic E-state index is 13.0. The van der Waals surface area contributed by atoms with Gasteiger partial charge in [0.1, 0.15) is 5.75 Å². The van der Waals surface area contributed by atoms with E-state index in [-0.39, 0.29) is 5.91 Å². The summed E-state index contributed by atoms with van der Waals surface area (Å²) in [4.78, 5) is 30.7. The smallest absolute Gasteiger partial charge is 0.280 e. The standard InChI is InChI=1S/C22H23N3O3/c1-3-25-18-10-6-7-11-19(18)28-22(2,21(25)27)20(26)23-13-12-15-14-24-17-9-5-4-8-16(15)17/h4-11,14,24H,3,12-13H2,1-2H3,(H,23,26). The summed E-state index contributed by atoms with van der Waals surface area (Å²) in [6.45, 7) is 4.31. The number of rotatable bonds is 5. The molecule has 2 heterocycles. The van der Waals surface area contributed by atoms with Crippen LogP contribution in [0.15, 0.2) is 54.7 Å². The Bertz CT molecular complexity index is 1040. The van der Waals surface area contributed by atoms with Crippen molar-refractivity contribution in [3.05, 3.63) is 60.3 Å². The maximum Gasteiger partial charge on any atom is 0.280 e. The molecule has 1 aromatic heterocycles. The number of likely N-dealkylation sites (N-methyl/N-ethyl adjacent to an activating group) is 1. The van der Waals surface area contributed by atoms with Gasteiger partial charge in [0.05, 0.1) is 5.69 Å². The quantitative estimate of drug-likeness (QED) is 0.671. The van der Waals surface area contributed by atoms with Gasteiger partial charge in [0, 0.05) is 30.2 Å². The topological polar surface area (TPSA) is 74.4 Å². The Morgan fingerprint density at radius 2 is 1.93 bits per heavy atom. The van der Waals surface area contributed by atoms with E-state index in [0.29, 0.717) is 30.9 Å². The minimum atomic E-state index is -1.58. The maximum atomic E-state index is 13.0. The fraction of sp³-hybridized carbons (Fsp3) is 0.273. The Morgan fingerprint density at radius 1 is 1.18 bits per heavy atom. The normalized spacial score (nSPS) is 18.6. The van der Waals surface area contributed by atoms with E-state index in [0.717, 1.165) is 16.5 Å². The van der Waals surface area contributed by atoms with Crippen molar-refractivity contribution in [2.45, 2.75) is 25.9 Å². The lowest BCUT2D eigenvalue weighted by molar-refractivity contribution is -0.148. The van der Waals surface area contributed by atoms with Crippen LogP contribution in [0.3, 0.4) is 0 Å². The molecule has 1 unspecified atom stereocenters. The Kier molecular flexibility index (Phi) is 4.55. The third-order valence-corrected chi connectivity index (χ3v) is 5.23. The molecule has 0 bridgehead atoms. The van der Waals surface area contributed by atoms with Crippen LogP contribution < -0.4 is 15.0 Å². The van der Waals surface area contributed by atoms with Crippen molar-refractivity contribution in [1.82, 2.24) is 10.3 Å². The summed E-state index contributed by atoms with van der Waals surface area (Å²) in [5.41, 5.74) is 1.30. The average Bonchev–Trinajstić information content (AvgIpc) is 3.12. The Labute approximate surface area is 163 Å².